The lowest BCUT2D eigenvalue weighted by molar-refractivity contribution is 0.313. The van der Waals surface area contributed by atoms with Gasteiger partial charge < -0.3 is 10.5 Å². The van der Waals surface area contributed by atoms with Gasteiger partial charge >= 0.3 is 0 Å². The number of rotatable bonds is 6. The molecule has 2 aromatic carbocycles. The second kappa shape index (κ2) is 6.59. The molecule has 2 rings (SSSR count). The first-order chi connectivity index (χ1) is 9.25. The summed E-state index contributed by atoms with van der Waals surface area (Å²) in [6.07, 6.45) is 1.36. The molecule has 0 spiro atoms. The molecule has 0 aliphatic rings. The van der Waals surface area contributed by atoms with Crippen molar-refractivity contribution in [2.24, 2.45) is 5.73 Å². The molecular weight excluding hydrogens is 236 g/mol. The summed E-state index contributed by atoms with van der Waals surface area (Å²) in [4.78, 5) is 0. The van der Waals surface area contributed by atoms with Gasteiger partial charge in [0.25, 0.3) is 0 Å². The number of amidine groups is 1. The van der Waals surface area contributed by atoms with Gasteiger partial charge in [0, 0.05) is 6.42 Å². The fourth-order valence-electron chi connectivity index (χ4n) is 1.83. The lowest BCUT2D eigenvalue weighted by atomic mass is 10.1. The van der Waals surface area contributed by atoms with Crippen molar-refractivity contribution < 1.29 is 4.74 Å². The van der Waals surface area contributed by atoms with Crippen LogP contribution in [-0.4, -0.2) is 12.4 Å². The van der Waals surface area contributed by atoms with Crippen LogP contribution in [0.5, 0.6) is 5.75 Å². The minimum atomic E-state index is 0.211. The Kier molecular flexibility index (Phi) is 4.56. The molecular formula is C16H18N2O. The lowest BCUT2D eigenvalue weighted by Gasteiger charge is -2.07. The molecule has 0 radical (unpaired) electrons. The normalized spacial score (nSPS) is 10.1. The van der Waals surface area contributed by atoms with E-state index in [0.717, 1.165) is 12.2 Å². The standard InChI is InChI=1S/C16H18N2O/c17-16(18)7-4-12-19-15-10-8-14(9-11-15)13-5-2-1-3-6-13/h1-3,5-6,8-11H,4,7,12H2,(H3,17,18). The van der Waals surface area contributed by atoms with E-state index in [1.807, 2.05) is 30.3 Å². The predicted octanol–water partition coefficient (Wildman–Crippen LogP) is 3.45. The molecule has 0 atom stereocenters. The van der Waals surface area contributed by atoms with Crippen molar-refractivity contribution in [2.45, 2.75) is 12.8 Å². The van der Waals surface area contributed by atoms with Crippen LogP contribution in [0.25, 0.3) is 11.1 Å². The zero-order chi connectivity index (χ0) is 13.5. The van der Waals surface area contributed by atoms with Gasteiger partial charge in [0.15, 0.2) is 0 Å². The highest BCUT2D eigenvalue weighted by Crippen LogP contribution is 2.22. The van der Waals surface area contributed by atoms with Crippen molar-refractivity contribution in [2.75, 3.05) is 6.61 Å². The van der Waals surface area contributed by atoms with Crippen LogP contribution >= 0.6 is 0 Å². The maximum atomic E-state index is 7.12. The Morgan fingerprint density at radius 2 is 1.58 bits per heavy atom. The van der Waals surface area contributed by atoms with E-state index in [1.165, 1.54) is 11.1 Å². The smallest absolute Gasteiger partial charge is 0.119 e. The van der Waals surface area contributed by atoms with E-state index in [-0.39, 0.29) is 5.84 Å². The van der Waals surface area contributed by atoms with E-state index in [2.05, 4.69) is 24.3 Å². The van der Waals surface area contributed by atoms with Crippen LogP contribution < -0.4 is 10.5 Å². The second-order valence-electron chi connectivity index (χ2n) is 4.37. The molecule has 3 nitrogen and oxygen atoms in total. The van der Waals surface area contributed by atoms with Crippen LogP contribution in [-0.2, 0) is 0 Å². The topological polar surface area (TPSA) is 59.1 Å². The van der Waals surface area contributed by atoms with Crippen molar-refractivity contribution in [3.8, 4) is 16.9 Å². The molecule has 0 heterocycles. The number of hydrogen-bond donors (Lipinski definition) is 2. The maximum Gasteiger partial charge on any atom is 0.119 e. The van der Waals surface area contributed by atoms with E-state index >= 15 is 0 Å². The fraction of sp³-hybridized carbons (Fsp3) is 0.188. The molecule has 0 saturated carbocycles. The van der Waals surface area contributed by atoms with Crippen molar-refractivity contribution in [1.82, 2.24) is 0 Å². The van der Waals surface area contributed by atoms with Gasteiger partial charge in [0.1, 0.15) is 5.75 Å². The zero-order valence-corrected chi connectivity index (χ0v) is 10.8. The molecule has 0 fully saturated rings. The van der Waals surface area contributed by atoms with Crippen LogP contribution in [0, 0.1) is 5.41 Å². The minimum absolute atomic E-state index is 0.211. The number of hydrogen-bond acceptors (Lipinski definition) is 2. The van der Waals surface area contributed by atoms with E-state index < -0.39 is 0 Å². The quantitative estimate of drug-likeness (QED) is 0.471. The Morgan fingerprint density at radius 1 is 0.947 bits per heavy atom. The van der Waals surface area contributed by atoms with Crippen LogP contribution in [0.3, 0.4) is 0 Å². The van der Waals surface area contributed by atoms with E-state index in [0.29, 0.717) is 13.0 Å². The summed E-state index contributed by atoms with van der Waals surface area (Å²) in [5, 5.41) is 7.12. The Balaban J connectivity index is 1.90. The van der Waals surface area contributed by atoms with Gasteiger partial charge in [0.05, 0.1) is 12.4 Å². The number of benzene rings is 2. The van der Waals surface area contributed by atoms with Crippen molar-refractivity contribution in [3.05, 3.63) is 54.6 Å². The van der Waals surface area contributed by atoms with Crippen molar-refractivity contribution in [3.63, 3.8) is 0 Å². The Bertz CT molecular complexity index is 520. The highest BCUT2D eigenvalue weighted by Gasteiger charge is 1.98. The van der Waals surface area contributed by atoms with Gasteiger partial charge in [-0.1, -0.05) is 42.5 Å². The van der Waals surface area contributed by atoms with E-state index in [9.17, 15) is 0 Å². The first-order valence-corrected chi connectivity index (χ1v) is 6.37. The summed E-state index contributed by atoms with van der Waals surface area (Å²) in [5.41, 5.74) is 7.66. The van der Waals surface area contributed by atoms with Crippen LogP contribution in [0.2, 0.25) is 0 Å². The third kappa shape index (κ3) is 4.14. The Hall–Kier alpha value is -2.29. The minimum Gasteiger partial charge on any atom is -0.494 e. The predicted molar refractivity (Wildman–Crippen MR) is 78.5 cm³/mol. The molecule has 0 aliphatic heterocycles. The highest BCUT2D eigenvalue weighted by molar-refractivity contribution is 5.76. The summed E-state index contributed by atoms with van der Waals surface area (Å²) in [6, 6.07) is 18.3. The maximum absolute atomic E-state index is 7.12. The van der Waals surface area contributed by atoms with Gasteiger partial charge in [-0.15, -0.1) is 0 Å². The van der Waals surface area contributed by atoms with E-state index in [1.54, 1.807) is 0 Å². The summed E-state index contributed by atoms with van der Waals surface area (Å²) >= 11 is 0. The first-order valence-electron chi connectivity index (χ1n) is 6.37. The summed E-state index contributed by atoms with van der Waals surface area (Å²) in [7, 11) is 0. The van der Waals surface area contributed by atoms with Gasteiger partial charge in [-0.05, 0) is 29.7 Å². The van der Waals surface area contributed by atoms with Crippen LogP contribution in [0.1, 0.15) is 12.8 Å². The van der Waals surface area contributed by atoms with E-state index in [4.69, 9.17) is 15.9 Å². The average Bonchev–Trinajstić information content (AvgIpc) is 2.45. The van der Waals surface area contributed by atoms with Gasteiger partial charge in [-0.25, -0.2) is 0 Å². The lowest BCUT2D eigenvalue weighted by Crippen LogP contribution is -2.10. The van der Waals surface area contributed by atoms with Gasteiger partial charge in [-0.2, -0.15) is 0 Å². The van der Waals surface area contributed by atoms with Gasteiger partial charge in [0.2, 0.25) is 0 Å². The summed E-state index contributed by atoms with van der Waals surface area (Å²) in [5.74, 6) is 1.06. The molecule has 3 heteroatoms. The highest BCUT2D eigenvalue weighted by atomic mass is 16.5. The SMILES string of the molecule is N=C(N)CCCOc1ccc(-c2ccccc2)cc1. The van der Waals surface area contributed by atoms with Gasteiger partial charge in [-0.3, -0.25) is 5.41 Å². The Morgan fingerprint density at radius 3 is 2.21 bits per heavy atom. The molecule has 2 aromatic rings. The van der Waals surface area contributed by atoms with Crippen molar-refractivity contribution >= 4 is 5.84 Å². The second-order valence-corrected chi connectivity index (χ2v) is 4.37. The fourth-order valence-corrected chi connectivity index (χ4v) is 1.83. The van der Waals surface area contributed by atoms with Crippen LogP contribution in [0.4, 0.5) is 0 Å². The zero-order valence-electron chi connectivity index (χ0n) is 10.8. The molecule has 0 amide bonds. The first kappa shape index (κ1) is 13.1. The number of nitrogens with two attached hydrogens (primary N) is 1. The summed E-state index contributed by atoms with van der Waals surface area (Å²) < 4.78 is 5.60. The molecule has 0 bridgehead atoms. The monoisotopic (exact) mass is 254 g/mol. The molecule has 0 unspecified atom stereocenters. The third-order valence-electron chi connectivity index (χ3n) is 2.82. The molecule has 0 saturated heterocycles. The molecule has 19 heavy (non-hydrogen) atoms. The number of ether oxygens (including phenoxy) is 1. The largest absolute Gasteiger partial charge is 0.494 e. The average molecular weight is 254 g/mol. The molecule has 98 valence electrons. The van der Waals surface area contributed by atoms with Crippen molar-refractivity contribution in [1.29, 1.82) is 5.41 Å². The Labute approximate surface area is 113 Å². The summed E-state index contributed by atoms with van der Waals surface area (Å²) in [6.45, 7) is 0.588. The number of nitrogens with one attached hydrogen (secondary N) is 1. The molecule has 3 N–H and O–H groups in total. The third-order valence-corrected chi connectivity index (χ3v) is 2.82. The molecule has 0 aliphatic carbocycles. The molecule has 0 aromatic heterocycles. The van der Waals surface area contributed by atoms with Crippen LogP contribution in [0.15, 0.2) is 54.6 Å².